The molecule has 1 saturated heterocycles. The van der Waals surface area contributed by atoms with Gasteiger partial charge < -0.3 is 14.8 Å². The van der Waals surface area contributed by atoms with Crippen LogP contribution in [0.15, 0.2) is 17.0 Å². The second kappa shape index (κ2) is 6.91. The molecule has 2 aliphatic rings. The van der Waals surface area contributed by atoms with Crippen LogP contribution in [-0.2, 0) is 10.0 Å². The Kier molecular flexibility index (Phi) is 4.88. The molecule has 24 heavy (non-hydrogen) atoms. The molecular formula is C14H19N3O6S. The van der Waals surface area contributed by atoms with E-state index in [1.54, 1.807) is 0 Å². The first-order chi connectivity index (χ1) is 11.5. The van der Waals surface area contributed by atoms with E-state index in [-0.39, 0.29) is 31.3 Å². The number of nitro groups is 1. The lowest BCUT2D eigenvalue weighted by Crippen LogP contribution is -2.27. The van der Waals surface area contributed by atoms with Crippen molar-refractivity contribution in [2.45, 2.75) is 17.7 Å². The maximum absolute atomic E-state index is 12.5. The van der Waals surface area contributed by atoms with Crippen LogP contribution in [0.2, 0.25) is 0 Å². The summed E-state index contributed by atoms with van der Waals surface area (Å²) < 4.78 is 38.0. The van der Waals surface area contributed by atoms with Gasteiger partial charge in [-0.3, -0.25) is 10.1 Å². The quantitative estimate of drug-likeness (QED) is 0.566. The predicted octanol–water partition coefficient (Wildman–Crippen LogP) is 0.644. The Morgan fingerprint density at radius 1 is 1.29 bits per heavy atom. The minimum absolute atomic E-state index is 0.184. The monoisotopic (exact) mass is 357 g/mol. The molecule has 132 valence electrons. The third kappa shape index (κ3) is 3.60. The van der Waals surface area contributed by atoms with E-state index >= 15 is 0 Å². The summed E-state index contributed by atoms with van der Waals surface area (Å²) >= 11 is 0. The topological polar surface area (TPSA) is 120 Å². The van der Waals surface area contributed by atoms with Crippen LogP contribution in [0.25, 0.3) is 0 Å². The molecule has 0 radical (unpaired) electrons. The fourth-order valence-corrected chi connectivity index (χ4v) is 4.07. The van der Waals surface area contributed by atoms with Gasteiger partial charge in [0.1, 0.15) is 13.2 Å². The summed E-state index contributed by atoms with van der Waals surface area (Å²) in [7, 11) is -4.01. The highest BCUT2D eigenvalue weighted by Gasteiger charge is 2.30. The fourth-order valence-electron chi connectivity index (χ4n) is 2.85. The molecule has 3 rings (SSSR count). The Labute approximate surface area is 139 Å². The van der Waals surface area contributed by atoms with Gasteiger partial charge in [0.2, 0.25) is 10.0 Å². The van der Waals surface area contributed by atoms with E-state index in [1.807, 2.05) is 0 Å². The number of hydrogen-bond acceptors (Lipinski definition) is 7. The van der Waals surface area contributed by atoms with Crippen molar-refractivity contribution < 1.29 is 22.8 Å². The molecule has 0 saturated carbocycles. The largest absolute Gasteiger partial charge is 0.486 e. The number of hydrogen-bond donors (Lipinski definition) is 2. The van der Waals surface area contributed by atoms with Gasteiger partial charge >= 0.3 is 0 Å². The van der Waals surface area contributed by atoms with Gasteiger partial charge in [0.15, 0.2) is 16.4 Å². The number of nitro benzene ring substituents is 1. The highest BCUT2D eigenvalue weighted by Crippen LogP contribution is 2.38. The average Bonchev–Trinajstić information content (AvgIpc) is 3.06. The van der Waals surface area contributed by atoms with Gasteiger partial charge in [0.05, 0.1) is 11.0 Å². The Morgan fingerprint density at radius 3 is 2.62 bits per heavy atom. The SMILES string of the molecule is O=[N+]([O-])c1cc2c(cc1S(=O)(=O)NCCC1CCNC1)OCCO2. The second-order valence-electron chi connectivity index (χ2n) is 5.77. The minimum atomic E-state index is -4.01. The summed E-state index contributed by atoms with van der Waals surface area (Å²) in [5.41, 5.74) is -0.519. The Bertz CT molecular complexity index is 730. The van der Waals surface area contributed by atoms with E-state index < -0.39 is 25.5 Å². The van der Waals surface area contributed by atoms with Gasteiger partial charge in [0.25, 0.3) is 5.69 Å². The lowest BCUT2D eigenvalue weighted by molar-refractivity contribution is -0.388. The first-order valence-corrected chi connectivity index (χ1v) is 9.24. The van der Waals surface area contributed by atoms with Crippen LogP contribution >= 0.6 is 0 Å². The molecule has 9 nitrogen and oxygen atoms in total. The molecule has 0 aromatic heterocycles. The van der Waals surface area contributed by atoms with Crippen LogP contribution in [0.1, 0.15) is 12.8 Å². The number of nitrogens with one attached hydrogen (secondary N) is 2. The van der Waals surface area contributed by atoms with Crippen molar-refractivity contribution in [3.05, 3.63) is 22.2 Å². The van der Waals surface area contributed by atoms with Crippen molar-refractivity contribution in [1.29, 1.82) is 0 Å². The van der Waals surface area contributed by atoms with E-state index in [4.69, 9.17) is 9.47 Å². The zero-order valence-electron chi connectivity index (χ0n) is 13.0. The standard InChI is InChI=1S/C14H19N3O6S/c18-17(19)11-7-12-13(23-6-5-22-12)8-14(11)24(20,21)16-4-2-10-1-3-15-9-10/h7-8,10,15-16H,1-6,9H2. The molecule has 0 spiro atoms. The summed E-state index contributed by atoms with van der Waals surface area (Å²) in [6.45, 7) is 2.58. The molecule has 2 heterocycles. The van der Waals surface area contributed by atoms with Crippen LogP contribution in [0.5, 0.6) is 11.5 Å². The zero-order valence-corrected chi connectivity index (χ0v) is 13.8. The normalized spacial score (nSPS) is 20.1. The highest BCUT2D eigenvalue weighted by atomic mass is 32.2. The number of rotatable bonds is 6. The first kappa shape index (κ1) is 16.9. The van der Waals surface area contributed by atoms with Crippen LogP contribution in [-0.4, -0.2) is 46.2 Å². The number of fused-ring (bicyclic) bond motifs is 1. The van der Waals surface area contributed by atoms with Crippen molar-refractivity contribution in [2.75, 3.05) is 32.8 Å². The summed E-state index contributed by atoms with van der Waals surface area (Å²) in [5.74, 6) is 0.805. The summed E-state index contributed by atoms with van der Waals surface area (Å²) in [4.78, 5) is 10.1. The smallest absolute Gasteiger partial charge is 0.293 e. The van der Waals surface area contributed by atoms with Gasteiger partial charge in [-0.25, -0.2) is 13.1 Å². The summed E-state index contributed by atoms with van der Waals surface area (Å²) in [6, 6.07) is 2.26. The minimum Gasteiger partial charge on any atom is -0.486 e. The Balaban J connectivity index is 1.81. The predicted molar refractivity (Wildman–Crippen MR) is 84.9 cm³/mol. The van der Waals surface area contributed by atoms with Crippen LogP contribution in [0, 0.1) is 16.0 Å². The van der Waals surface area contributed by atoms with E-state index in [0.717, 1.165) is 31.6 Å². The zero-order chi connectivity index (χ0) is 17.2. The third-order valence-electron chi connectivity index (χ3n) is 4.12. The molecular weight excluding hydrogens is 338 g/mol. The summed E-state index contributed by atoms with van der Waals surface area (Å²) in [5, 5.41) is 14.5. The Morgan fingerprint density at radius 2 is 2.00 bits per heavy atom. The maximum atomic E-state index is 12.5. The molecule has 0 aliphatic carbocycles. The third-order valence-corrected chi connectivity index (χ3v) is 5.61. The van der Waals surface area contributed by atoms with Crippen molar-refractivity contribution in [3.63, 3.8) is 0 Å². The van der Waals surface area contributed by atoms with Crippen molar-refractivity contribution in [1.82, 2.24) is 10.0 Å². The van der Waals surface area contributed by atoms with E-state index in [0.29, 0.717) is 12.3 Å². The average molecular weight is 357 g/mol. The van der Waals surface area contributed by atoms with E-state index in [2.05, 4.69) is 10.0 Å². The first-order valence-electron chi connectivity index (χ1n) is 7.76. The molecule has 1 aromatic rings. The Hall–Kier alpha value is -1.91. The van der Waals surface area contributed by atoms with E-state index in [1.165, 1.54) is 0 Å². The number of ether oxygens (including phenoxy) is 2. The van der Waals surface area contributed by atoms with Gasteiger partial charge in [-0.05, 0) is 31.8 Å². The van der Waals surface area contributed by atoms with Gasteiger partial charge in [-0.2, -0.15) is 0 Å². The number of nitrogens with zero attached hydrogens (tertiary/aromatic N) is 1. The lowest BCUT2D eigenvalue weighted by Gasteiger charge is -2.19. The molecule has 1 fully saturated rings. The summed E-state index contributed by atoms with van der Waals surface area (Å²) in [6.07, 6.45) is 1.69. The molecule has 0 amide bonds. The molecule has 1 atom stereocenters. The molecule has 10 heteroatoms. The molecule has 0 bridgehead atoms. The number of benzene rings is 1. The van der Waals surface area contributed by atoms with Crippen molar-refractivity contribution in [3.8, 4) is 11.5 Å². The lowest BCUT2D eigenvalue weighted by atomic mass is 10.1. The maximum Gasteiger partial charge on any atom is 0.293 e. The van der Waals surface area contributed by atoms with Gasteiger partial charge in [0, 0.05) is 12.6 Å². The highest BCUT2D eigenvalue weighted by molar-refractivity contribution is 7.89. The van der Waals surface area contributed by atoms with Gasteiger partial charge in [-0.15, -0.1) is 0 Å². The van der Waals surface area contributed by atoms with Crippen LogP contribution < -0.4 is 19.5 Å². The van der Waals surface area contributed by atoms with Crippen molar-refractivity contribution in [2.24, 2.45) is 5.92 Å². The molecule has 1 unspecified atom stereocenters. The van der Waals surface area contributed by atoms with E-state index in [9.17, 15) is 18.5 Å². The second-order valence-corrected chi connectivity index (χ2v) is 7.50. The fraction of sp³-hybridized carbons (Fsp3) is 0.571. The molecule has 2 aliphatic heterocycles. The van der Waals surface area contributed by atoms with Crippen molar-refractivity contribution >= 4 is 15.7 Å². The van der Waals surface area contributed by atoms with Crippen LogP contribution in [0.3, 0.4) is 0 Å². The molecule has 2 N–H and O–H groups in total. The molecule has 1 aromatic carbocycles. The van der Waals surface area contributed by atoms with Crippen LogP contribution in [0.4, 0.5) is 5.69 Å². The number of sulfonamides is 1. The van der Waals surface area contributed by atoms with Gasteiger partial charge in [-0.1, -0.05) is 0 Å².